The normalized spacial score (nSPS) is 10.1. The van der Waals surface area contributed by atoms with Crippen LogP contribution in [0.2, 0.25) is 0 Å². The maximum absolute atomic E-state index is 12.8. The Morgan fingerprint density at radius 1 is 1.00 bits per heavy atom. The molecule has 0 saturated heterocycles. The Hall–Kier alpha value is -3.09. The highest BCUT2D eigenvalue weighted by Crippen LogP contribution is 2.15. The monoisotopic (exact) mass is 359 g/mol. The van der Waals surface area contributed by atoms with Gasteiger partial charge in [0.1, 0.15) is 11.6 Å². The summed E-state index contributed by atoms with van der Waals surface area (Å²) in [6.45, 7) is 2.71. The number of hydrogen-bond donors (Lipinski definition) is 3. The van der Waals surface area contributed by atoms with E-state index in [1.165, 1.54) is 12.1 Å². The van der Waals surface area contributed by atoms with E-state index in [-0.39, 0.29) is 18.3 Å². The highest BCUT2D eigenvalue weighted by atomic mass is 19.1. The first-order valence-corrected chi connectivity index (χ1v) is 8.35. The minimum absolute atomic E-state index is 0.143. The molecule has 0 aliphatic heterocycles. The number of urea groups is 1. The van der Waals surface area contributed by atoms with Crippen LogP contribution in [-0.2, 0) is 11.2 Å². The molecule has 7 heteroatoms. The molecule has 0 spiro atoms. The van der Waals surface area contributed by atoms with Crippen molar-refractivity contribution in [1.29, 1.82) is 0 Å². The van der Waals surface area contributed by atoms with E-state index in [2.05, 4.69) is 16.0 Å². The molecule has 0 bridgehead atoms. The van der Waals surface area contributed by atoms with Gasteiger partial charge in [0, 0.05) is 12.2 Å². The van der Waals surface area contributed by atoms with Gasteiger partial charge in [0.05, 0.1) is 13.2 Å². The van der Waals surface area contributed by atoms with Crippen molar-refractivity contribution in [3.63, 3.8) is 0 Å². The third-order valence-electron chi connectivity index (χ3n) is 3.47. The van der Waals surface area contributed by atoms with Gasteiger partial charge in [-0.05, 0) is 55.3 Å². The van der Waals surface area contributed by atoms with Crippen LogP contribution in [0, 0.1) is 5.82 Å². The van der Waals surface area contributed by atoms with Crippen molar-refractivity contribution < 1.29 is 18.7 Å². The number of anilines is 1. The van der Waals surface area contributed by atoms with Crippen LogP contribution in [0.3, 0.4) is 0 Å². The third kappa shape index (κ3) is 6.80. The lowest BCUT2D eigenvalue weighted by molar-refractivity contribution is -0.115. The molecule has 138 valence electrons. The van der Waals surface area contributed by atoms with E-state index in [1.54, 1.807) is 36.4 Å². The Balaban J connectivity index is 1.64. The fraction of sp³-hybridized carbons (Fsp3) is 0.263. The predicted molar refractivity (Wildman–Crippen MR) is 97.7 cm³/mol. The minimum Gasteiger partial charge on any atom is -0.494 e. The summed E-state index contributed by atoms with van der Waals surface area (Å²) in [7, 11) is 0. The average Bonchev–Trinajstić information content (AvgIpc) is 2.63. The molecule has 0 saturated carbocycles. The number of benzene rings is 2. The van der Waals surface area contributed by atoms with Crippen LogP contribution in [0.25, 0.3) is 0 Å². The van der Waals surface area contributed by atoms with Crippen molar-refractivity contribution in [2.75, 3.05) is 25.0 Å². The Kier molecular flexibility index (Phi) is 7.42. The molecule has 2 aromatic carbocycles. The van der Waals surface area contributed by atoms with E-state index in [0.29, 0.717) is 25.3 Å². The summed E-state index contributed by atoms with van der Waals surface area (Å²) in [6.07, 6.45) is 0.575. The minimum atomic E-state index is -0.436. The zero-order valence-electron chi connectivity index (χ0n) is 14.5. The van der Waals surface area contributed by atoms with Gasteiger partial charge in [-0.25, -0.2) is 9.18 Å². The van der Waals surface area contributed by atoms with Gasteiger partial charge in [-0.15, -0.1) is 0 Å². The molecule has 0 atom stereocenters. The highest BCUT2D eigenvalue weighted by molar-refractivity contribution is 5.94. The number of nitrogens with one attached hydrogen (secondary N) is 3. The van der Waals surface area contributed by atoms with Crippen LogP contribution in [0.5, 0.6) is 5.75 Å². The first kappa shape index (κ1) is 19.2. The zero-order chi connectivity index (χ0) is 18.8. The van der Waals surface area contributed by atoms with Crippen molar-refractivity contribution in [3.05, 3.63) is 59.9 Å². The lowest BCUT2D eigenvalue weighted by Gasteiger charge is -2.09. The van der Waals surface area contributed by atoms with Crippen molar-refractivity contribution in [1.82, 2.24) is 10.6 Å². The second-order valence-corrected chi connectivity index (χ2v) is 5.49. The number of hydrogen-bond acceptors (Lipinski definition) is 3. The maximum Gasteiger partial charge on any atom is 0.315 e. The van der Waals surface area contributed by atoms with E-state index in [9.17, 15) is 14.0 Å². The largest absolute Gasteiger partial charge is 0.494 e. The summed E-state index contributed by atoms with van der Waals surface area (Å²) in [6, 6.07) is 12.6. The predicted octanol–water partition coefficient (Wildman–Crippen LogP) is 2.70. The molecule has 0 radical (unpaired) electrons. The van der Waals surface area contributed by atoms with Gasteiger partial charge in [-0.2, -0.15) is 0 Å². The summed E-state index contributed by atoms with van der Waals surface area (Å²) in [5.74, 6) is 0.102. The molecule has 3 amide bonds. The molecule has 6 nitrogen and oxygen atoms in total. The molecule has 0 aliphatic rings. The Morgan fingerprint density at radius 3 is 2.35 bits per heavy atom. The molecule has 0 heterocycles. The van der Waals surface area contributed by atoms with Gasteiger partial charge in [0.25, 0.3) is 0 Å². The molecular weight excluding hydrogens is 337 g/mol. The summed E-state index contributed by atoms with van der Waals surface area (Å²) < 4.78 is 18.1. The molecule has 2 aromatic rings. The molecule has 0 unspecified atom stereocenters. The zero-order valence-corrected chi connectivity index (χ0v) is 14.5. The van der Waals surface area contributed by atoms with Crippen LogP contribution >= 0.6 is 0 Å². The maximum atomic E-state index is 12.8. The summed E-state index contributed by atoms with van der Waals surface area (Å²) >= 11 is 0. The van der Waals surface area contributed by atoms with Crippen LogP contribution in [0.4, 0.5) is 14.9 Å². The molecule has 0 fully saturated rings. The van der Waals surface area contributed by atoms with Gasteiger partial charge in [0.2, 0.25) is 5.91 Å². The van der Waals surface area contributed by atoms with E-state index in [4.69, 9.17) is 4.74 Å². The standard InChI is InChI=1S/C19H22FN3O3/c1-2-26-17-9-7-16(8-10-17)23-18(24)13-22-19(25)21-12-11-14-3-5-15(20)6-4-14/h3-10H,2,11-13H2,1H3,(H,23,24)(H2,21,22,25). The third-order valence-corrected chi connectivity index (χ3v) is 3.47. The Morgan fingerprint density at radius 2 is 1.69 bits per heavy atom. The average molecular weight is 359 g/mol. The van der Waals surface area contributed by atoms with Crippen LogP contribution in [0.1, 0.15) is 12.5 Å². The lowest BCUT2D eigenvalue weighted by atomic mass is 10.1. The molecule has 2 rings (SSSR count). The quantitative estimate of drug-likeness (QED) is 0.678. The van der Waals surface area contributed by atoms with Crippen LogP contribution in [0.15, 0.2) is 48.5 Å². The number of carbonyl (C=O) groups is 2. The van der Waals surface area contributed by atoms with E-state index in [0.717, 1.165) is 11.3 Å². The molecule has 3 N–H and O–H groups in total. The fourth-order valence-electron chi connectivity index (χ4n) is 2.20. The van der Waals surface area contributed by atoms with Gasteiger partial charge in [0.15, 0.2) is 0 Å². The van der Waals surface area contributed by atoms with E-state index < -0.39 is 6.03 Å². The number of carbonyl (C=O) groups excluding carboxylic acids is 2. The van der Waals surface area contributed by atoms with Gasteiger partial charge in [-0.3, -0.25) is 4.79 Å². The van der Waals surface area contributed by atoms with Crippen molar-refractivity contribution in [2.45, 2.75) is 13.3 Å². The van der Waals surface area contributed by atoms with Crippen molar-refractivity contribution in [2.24, 2.45) is 0 Å². The molecule has 0 aliphatic carbocycles. The Bertz CT molecular complexity index is 718. The lowest BCUT2D eigenvalue weighted by Crippen LogP contribution is -2.40. The smallest absolute Gasteiger partial charge is 0.315 e. The Labute approximate surface area is 151 Å². The van der Waals surface area contributed by atoms with Gasteiger partial charge in [-0.1, -0.05) is 12.1 Å². The first-order chi connectivity index (χ1) is 12.6. The van der Waals surface area contributed by atoms with Gasteiger partial charge < -0.3 is 20.7 Å². The summed E-state index contributed by atoms with van der Waals surface area (Å²) in [5.41, 5.74) is 1.54. The number of amides is 3. The van der Waals surface area contributed by atoms with Crippen LogP contribution in [-0.4, -0.2) is 31.6 Å². The fourth-order valence-corrected chi connectivity index (χ4v) is 2.20. The topological polar surface area (TPSA) is 79.5 Å². The first-order valence-electron chi connectivity index (χ1n) is 8.35. The SMILES string of the molecule is CCOc1ccc(NC(=O)CNC(=O)NCCc2ccc(F)cc2)cc1. The second kappa shape index (κ2) is 10.0. The number of rotatable bonds is 8. The molecule has 0 aromatic heterocycles. The van der Waals surface area contributed by atoms with Gasteiger partial charge >= 0.3 is 6.03 Å². The number of halogens is 1. The highest BCUT2D eigenvalue weighted by Gasteiger charge is 2.06. The number of ether oxygens (including phenoxy) is 1. The van der Waals surface area contributed by atoms with Crippen molar-refractivity contribution >= 4 is 17.6 Å². The van der Waals surface area contributed by atoms with Crippen molar-refractivity contribution in [3.8, 4) is 5.75 Å². The summed E-state index contributed by atoms with van der Waals surface area (Å²) in [5, 5.41) is 7.81. The molecular formula is C19H22FN3O3. The van der Waals surface area contributed by atoms with E-state index in [1.807, 2.05) is 6.92 Å². The molecule has 26 heavy (non-hydrogen) atoms. The summed E-state index contributed by atoms with van der Waals surface area (Å²) in [4.78, 5) is 23.5. The van der Waals surface area contributed by atoms with Crippen LogP contribution < -0.4 is 20.7 Å². The van der Waals surface area contributed by atoms with E-state index >= 15 is 0 Å². The second-order valence-electron chi connectivity index (χ2n) is 5.49.